The van der Waals surface area contributed by atoms with Crippen molar-refractivity contribution in [2.24, 2.45) is 5.41 Å². The summed E-state index contributed by atoms with van der Waals surface area (Å²) in [6.07, 6.45) is 10.6. The Morgan fingerprint density at radius 2 is 1.69 bits per heavy atom. The summed E-state index contributed by atoms with van der Waals surface area (Å²) in [7, 11) is 0. The molecule has 0 bridgehead atoms. The van der Waals surface area contributed by atoms with Crippen molar-refractivity contribution in [3.63, 3.8) is 0 Å². The molecule has 2 aromatic heterocycles. The lowest BCUT2D eigenvalue weighted by atomic mass is 9.72. The Hall–Kier alpha value is -4.35. The summed E-state index contributed by atoms with van der Waals surface area (Å²) in [5.74, 6) is 0.608. The van der Waals surface area contributed by atoms with Crippen LogP contribution in [0.5, 0.6) is 0 Å². The Morgan fingerprint density at radius 1 is 0.944 bits per heavy atom. The van der Waals surface area contributed by atoms with Crippen LogP contribution in [-0.2, 0) is 15.0 Å². The number of aromatic nitrogens is 3. The number of carbonyl (C=O) groups is 2. The van der Waals surface area contributed by atoms with Gasteiger partial charge in [-0.3, -0.25) is 9.59 Å². The van der Waals surface area contributed by atoms with Crippen LogP contribution in [0, 0.1) is 11.2 Å². The van der Waals surface area contributed by atoms with E-state index in [1.54, 1.807) is 18.2 Å². The Bertz CT molecular complexity index is 2070. The first-order valence-corrected chi connectivity index (χ1v) is 20.3. The number of amides is 2. The Balaban J connectivity index is 1.07. The van der Waals surface area contributed by atoms with Gasteiger partial charge in [0.25, 0.3) is 0 Å². The zero-order chi connectivity index (χ0) is 37.2. The van der Waals surface area contributed by atoms with Gasteiger partial charge in [-0.25, -0.2) is 14.4 Å². The van der Waals surface area contributed by atoms with Crippen molar-refractivity contribution in [3.05, 3.63) is 66.2 Å². The fourth-order valence-electron chi connectivity index (χ4n) is 9.99. The molecule has 4 aromatic rings. The van der Waals surface area contributed by atoms with Gasteiger partial charge in [-0.05, 0) is 121 Å². The molecule has 2 N–H and O–H groups in total. The highest BCUT2D eigenvalue weighted by Gasteiger charge is 2.56. The summed E-state index contributed by atoms with van der Waals surface area (Å²) in [5.41, 5.74) is 4.58. The van der Waals surface area contributed by atoms with Crippen LogP contribution in [-0.4, -0.2) is 87.5 Å². The first kappa shape index (κ1) is 35.4. The number of imidazole rings is 1. The normalized spacial score (nSPS) is 23.9. The molecule has 1 spiro atoms. The fourth-order valence-corrected chi connectivity index (χ4v) is 9.99. The van der Waals surface area contributed by atoms with E-state index < -0.39 is 5.41 Å². The molecule has 6 heterocycles. The van der Waals surface area contributed by atoms with Crippen LogP contribution in [0.25, 0.3) is 22.3 Å². The molecular weight excluding hydrogens is 680 g/mol. The molecule has 54 heavy (non-hydrogen) atoms. The van der Waals surface area contributed by atoms with E-state index in [2.05, 4.69) is 64.0 Å². The van der Waals surface area contributed by atoms with Crippen LogP contribution in [0.3, 0.4) is 0 Å². The number of nitrogens with one attached hydrogen (secondary N) is 2. The maximum Gasteiger partial charge on any atom is 0.238 e. The first-order chi connectivity index (χ1) is 26.1. The van der Waals surface area contributed by atoms with Crippen molar-refractivity contribution in [1.82, 2.24) is 29.7 Å². The van der Waals surface area contributed by atoms with Gasteiger partial charge >= 0.3 is 0 Å². The molecule has 284 valence electrons. The molecule has 3 saturated heterocycles. The minimum atomic E-state index is -0.652. The number of hydrogen-bond donors (Lipinski definition) is 2. The summed E-state index contributed by atoms with van der Waals surface area (Å²) in [5, 5.41) is 6.68. The molecule has 10 nitrogen and oxygen atoms in total. The van der Waals surface area contributed by atoms with Crippen LogP contribution in [0.1, 0.15) is 90.2 Å². The van der Waals surface area contributed by atoms with E-state index in [9.17, 15) is 9.18 Å². The Morgan fingerprint density at radius 3 is 2.41 bits per heavy atom. The molecular formula is C43H53FN8O2. The Labute approximate surface area is 317 Å². The van der Waals surface area contributed by atoms with Gasteiger partial charge in [-0.2, -0.15) is 0 Å². The predicted octanol–water partition coefficient (Wildman–Crippen LogP) is 7.18. The third kappa shape index (κ3) is 5.89. The molecule has 9 rings (SSSR count). The van der Waals surface area contributed by atoms with Crippen molar-refractivity contribution in [2.45, 2.75) is 102 Å². The van der Waals surface area contributed by atoms with Gasteiger partial charge in [0.1, 0.15) is 11.3 Å². The number of para-hydroxylation sites is 1. The van der Waals surface area contributed by atoms with Gasteiger partial charge in [0, 0.05) is 47.9 Å². The zero-order valence-corrected chi connectivity index (χ0v) is 31.9. The maximum absolute atomic E-state index is 15.0. The number of carbonyl (C=O) groups excluding carboxylic acids is 2. The van der Waals surface area contributed by atoms with E-state index in [1.807, 2.05) is 17.3 Å². The van der Waals surface area contributed by atoms with E-state index in [-0.39, 0.29) is 35.1 Å². The van der Waals surface area contributed by atoms with Crippen LogP contribution in [0.2, 0.25) is 0 Å². The van der Waals surface area contributed by atoms with E-state index in [4.69, 9.17) is 9.97 Å². The van der Waals surface area contributed by atoms with Gasteiger partial charge in [-0.1, -0.05) is 37.6 Å². The van der Waals surface area contributed by atoms with Crippen LogP contribution in [0.4, 0.5) is 21.6 Å². The average Bonchev–Trinajstić information content (AvgIpc) is 3.70. The van der Waals surface area contributed by atoms with Crippen molar-refractivity contribution >= 4 is 40.0 Å². The molecule has 2 amide bonds. The minimum Gasteiger partial charge on any atom is -0.342 e. The third-order valence-electron chi connectivity index (χ3n) is 13.4. The second-order valence-electron chi connectivity index (χ2n) is 17.0. The van der Waals surface area contributed by atoms with Crippen LogP contribution in [0.15, 0.2) is 54.9 Å². The first-order valence-electron chi connectivity index (χ1n) is 20.3. The summed E-state index contributed by atoms with van der Waals surface area (Å²) < 4.78 is 17.0. The molecule has 11 heteroatoms. The SMILES string of the molecule is CC(C)n1cnc2cc(-c3ccc4c(c3)N(C3CC(N5CCCCC5)C3)C(=O)C43CCN(C(=O)C4(C)CCNCC4)CC3)nc(Nc3ccccc3F)c21. The van der Waals surface area contributed by atoms with E-state index in [1.165, 1.54) is 25.3 Å². The van der Waals surface area contributed by atoms with Gasteiger partial charge in [0.15, 0.2) is 5.82 Å². The average molecular weight is 733 g/mol. The zero-order valence-electron chi connectivity index (χ0n) is 31.9. The highest BCUT2D eigenvalue weighted by molar-refractivity contribution is 6.09. The summed E-state index contributed by atoms with van der Waals surface area (Å²) in [6.45, 7) is 11.5. The number of nitrogens with zero attached hydrogens (tertiary/aromatic N) is 6. The highest BCUT2D eigenvalue weighted by atomic mass is 19.1. The summed E-state index contributed by atoms with van der Waals surface area (Å²) >= 11 is 0. The number of benzene rings is 2. The van der Waals surface area contributed by atoms with E-state index in [0.29, 0.717) is 49.2 Å². The lowest BCUT2D eigenvalue weighted by Gasteiger charge is -2.48. The molecule has 0 radical (unpaired) electrons. The second-order valence-corrected chi connectivity index (χ2v) is 17.0. The second kappa shape index (κ2) is 13.7. The maximum atomic E-state index is 15.0. The highest BCUT2D eigenvalue weighted by Crippen LogP contribution is 2.52. The van der Waals surface area contributed by atoms with Crippen molar-refractivity contribution in [1.29, 1.82) is 0 Å². The number of piperidine rings is 3. The standard InChI is InChI=1S/C43H53FN8O2/c1-28(2)51-27-46-36-26-35(48-39(38(36)51)47-34-10-6-5-9-33(34)44)29-11-12-32-37(23-29)52(31-24-30(25-31)49-19-7-4-8-20-49)41(54)43(32)15-21-50(22-16-43)40(53)42(3)13-17-45-18-14-42/h5-6,9-12,23,26-28,30-31,45H,4,7-8,13-22,24-25H2,1-3H3,(H,47,48). The third-order valence-corrected chi connectivity index (χ3v) is 13.4. The molecule has 1 aliphatic carbocycles. The predicted molar refractivity (Wildman–Crippen MR) is 210 cm³/mol. The monoisotopic (exact) mass is 732 g/mol. The number of pyridine rings is 1. The van der Waals surface area contributed by atoms with Gasteiger partial charge in [-0.15, -0.1) is 0 Å². The largest absolute Gasteiger partial charge is 0.342 e. The quantitative estimate of drug-likeness (QED) is 0.208. The van der Waals surface area contributed by atoms with Crippen molar-refractivity contribution < 1.29 is 14.0 Å². The smallest absolute Gasteiger partial charge is 0.238 e. The fraction of sp³-hybridized carbons (Fsp3) is 0.535. The van der Waals surface area contributed by atoms with Gasteiger partial charge < -0.3 is 29.9 Å². The summed E-state index contributed by atoms with van der Waals surface area (Å²) in [4.78, 5) is 45.6. The number of hydrogen-bond acceptors (Lipinski definition) is 7. The van der Waals surface area contributed by atoms with Crippen LogP contribution >= 0.6 is 0 Å². The van der Waals surface area contributed by atoms with Crippen molar-refractivity contribution in [2.75, 3.05) is 49.5 Å². The lowest BCUT2D eigenvalue weighted by Crippen LogP contribution is -2.59. The molecule has 0 atom stereocenters. The van der Waals surface area contributed by atoms with Gasteiger partial charge in [0.05, 0.1) is 28.6 Å². The molecule has 0 unspecified atom stereocenters. The number of likely N-dealkylation sites (tertiary alicyclic amines) is 2. The summed E-state index contributed by atoms with van der Waals surface area (Å²) in [6, 6.07) is 15.8. The lowest BCUT2D eigenvalue weighted by molar-refractivity contribution is -0.145. The Kier molecular flexibility index (Phi) is 9.00. The van der Waals surface area contributed by atoms with Gasteiger partial charge in [0.2, 0.25) is 11.8 Å². The molecule has 4 fully saturated rings. The van der Waals surface area contributed by atoms with Crippen LogP contribution < -0.4 is 15.5 Å². The minimum absolute atomic E-state index is 0.125. The number of rotatable bonds is 7. The molecule has 5 aliphatic rings. The molecule has 4 aliphatic heterocycles. The van der Waals surface area contributed by atoms with E-state index in [0.717, 1.165) is 79.7 Å². The molecule has 2 aromatic carbocycles. The van der Waals surface area contributed by atoms with Crippen molar-refractivity contribution in [3.8, 4) is 11.3 Å². The number of fused-ring (bicyclic) bond motifs is 3. The topological polar surface area (TPSA) is 98.6 Å². The number of anilines is 3. The number of halogens is 1. The molecule has 1 saturated carbocycles. The van der Waals surface area contributed by atoms with E-state index >= 15 is 4.79 Å².